The fraction of sp³-hybridized carbons (Fsp3) is 0.409. The van der Waals surface area contributed by atoms with Gasteiger partial charge in [0.2, 0.25) is 5.88 Å². The second-order valence-electron chi connectivity index (χ2n) is 7.47. The maximum Gasteiger partial charge on any atom is 0.271 e. The number of para-hydroxylation sites is 2. The van der Waals surface area contributed by atoms with Crippen LogP contribution in [0.25, 0.3) is 0 Å². The third kappa shape index (κ3) is 3.67. The molecule has 1 atom stereocenters. The summed E-state index contributed by atoms with van der Waals surface area (Å²) < 4.78 is 6.93. The number of carbonyl (C=O) groups is 1. The second-order valence-corrected chi connectivity index (χ2v) is 10.3. The number of ether oxygens (including phenoxy) is 1. The number of hydrogen-bond acceptors (Lipinski definition) is 5. The summed E-state index contributed by atoms with van der Waals surface area (Å²) in [6.45, 7) is 10.5. The molecule has 154 valence electrons. The molecule has 1 amide bonds. The normalized spacial score (nSPS) is 23.9. The molecule has 0 N–H and O–H groups in total. The van der Waals surface area contributed by atoms with Gasteiger partial charge in [-0.25, -0.2) is 0 Å². The molecule has 29 heavy (non-hydrogen) atoms. The zero-order valence-corrected chi connectivity index (χ0v) is 18.8. The van der Waals surface area contributed by atoms with Crippen LogP contribution in [0.5, 0.6) is 5.75 Å². The van der Waals surface area contributed by atoms with Crippen LogP contribution in [0.4, 0.5) is 5.69 Å². The molecule has 7 heteroatoms. The number of thiocarbonyl (C=S) groups is 1. The Bertz CT molecular complexity index is 939. The van der Waals surface area contributed by atoms with E-state index in [4.69, 9.17) is 17.0 Å². The van der Waals surface area contributed by atoms with Crippen molar-refractivity contribution in [2.75, 3.05) is 37.6 Å². The van der Waals surface area contributed by atoms with Gasteiger partial charge in [0.25, 0.3) is 5.91 Å². The van der Waals surface area contributed by atoms with Crippen LogP contribution in [0.15, 0.2) is 47.2 Å². The number of fused-ring (bicyclic) bond motifs is 1. The Balaban J connectivity index is 1.64. The van der Waals surface area contributed by atoms with Crippen LogP contribution in [0.1, 0.15) is 27.2 Å². The molecule has 0 spiro atoms. The van der Waals surface area contributed by atoms with E-state index in [0.717, 1.165) is 53.2 Å². The lowest BCUT2D eigenvalue weighted by Crippen LogP contribution is -2.33. The minimum absolute atomic E-state index is 0.000311. The highest BCUT2D eigenvalue weighted by atomic mass is 32.2. The molecule has 3 aliphatic rings. The van der Waals surface area contributed by atoms with Crippen LogP contribution >= 0.6 is 22.7 Å². The number of anilines is 1. The zero-order chi connectivity index (χ0) is 20.5. The summed E-state index contributed by atoms with van der Waals surface area (Å²) in [7, 11) is -0.516. The van der Waals surface area contributed by atoms with Crippen LogP contribution in [-0.4, -0.2) is 57.6 Å². The van der Waals surface area contributed by atoms with Crippen molar-refractivity contribution in [1.82, 2.24) is 9.80 Å². The van der Waals surface area contributed by atoms with Gasteiger partial charge in [-0.05, 0) is 44.2 Å². The van der Waals surface area contributed by atoms with E-state index in [1.807, 2.05) is 24.3 Å². The average molecular weight is 430 g/mol. The second kappa shape index (κ2) is 8.42. The van der Waals surface area contributed by atoms with Gasteiger partial charge in [0, 0.05) is 32.7 Å². The summed E-state index contributed by atoms with van der Waals surface area (Å²) in [4.78, 5) is 21.6. The molecular weight excluding hydrogens is 402 g/mol. The lowest BCUT2D eigenvalue weighted by Gasteiger charge is -2.19. The summed E-state index contributed by atoms with van der Waals surface area (Å²) >= 11 is 5.80. The fourth-order valence-corrected chi connectivity index (χ4v) is 6.78. The highest BCUT2D eigenvalue weighted by molar-refractivity contribution is 8.38. The average Bonchev–Trinajstić information content (AvgIpc) is 3.40. The Hall–Kier alpha value is -1.96. The first kappa shape index (κ1) is 20.3. The highest BCUT2D eigenvalue weighted by Crippen LogP contribution is 2.47. The third-order valence-electron chi connectivity index (χ3n) is 5.32. The van der Waals surface area contributed by atoms with E-state index in [1.54, 1.807) is 4.90 Å². The summed E-state index contributed by atoms with van der Waals surface area (Å²) in [5.74, 6) is 1.45. The maximum atomic E-state index is 13.5. The third-order valence-corrected chi connectivity index (χ3v) is 8.18. The van der Waals surface area contributed by atoms with Crippen LogP contribution in [0.3, 0.4) is 0 Å². The fourth-order valence-electron chi connectivity index (χ4n) is 3.92. The van der Waals surface area contributed by atoms with Gasteiger partial charge in [0.05, 0.1) is 5.69 Å². The van der Waals surface area contributed by atoms with Gasteiger partial charge >= 0.3 is 0 Å². The predicted molar refractivity (Wildman–Crippen MR) is 126 cm³/mol. The minimum atomic E-state index is -0.516. The van der Waals surface area contributed by atoms with Gasteiger partial charge in [-0.15, -0.1) is 0 Å². The van der Waals surface area contributed by atoms with E-state index >= 15 is 0 Å². The first-order valence-electron chi connectivity index (χ1n) is 10.1. The van der Waals surface area contributed by atoms with Crippen molar-refractivity contribution in [2.45, 2.75) is 27.2 Å². The Kier molecular flexibility index (Phi) is 5.90. The molecule has 1 aromatic rings. The standard InChI is InChI=1S/C22H27N3O2S2/c1-4-24-17-10-5-6-11-18(17)27-21(24)19-20(26)25(22(28)29(19)16(2)3)15-9-14-23-12-7-8-13-23/h5-8,10-11H,4,9,12-15H2,1-3H3. The first-order chi connectivity index (χ1) is 14.0. The molecule has 0 radical (unpaired) electrons. The van der Waals surface area contributed by atoms with E-state index in [0.29, 0.717) is 17.3 Å². The molecule has 0 aliphatic carbocycles. The van der Waals surface area contributed by atoms with Crippen molar-refractivity contribution in [1.29, 1.82) is 0 Å². The lowest BCUT2D eigenvalue weighted by molar-refractivity contribution is -0.122. The molecule has 3 aliphatic heterocycles. The van der Waals surface area contributed by atoms with Crippen LogP contribution in [-0.2, 0) is 4.79 Å². The molecule has 0 saturated carbocycles. The van der Waals surface area contributed by atoms with Crippen LogP contribution in [0, 0.1) is 0 Å². The van der Waals surface area contributed by atoms with E-state index in [-0.39, 0.29) is 5.91 Å². The number of amides is 1. The quantitative estimate of drug-likeness (QED) is 0.402. The Morgan fingerprint density at radius 2 is 1.86 bits per heavy atom. The number of nitrogens with zero attached hydrogens (tertiary/aromatic N) is 3. The summed E-state index contributed by atoms with van der Waals surface area (Å²) in [6.07, 6.45) is 5.29. The van der Waals surface area contributed by atoms with Crippen molar-refractivity contribution in [3.8, 4) is 5.75 Å². The van der Waals surface area contributed by atoms with Crippen molar-refractivity contribution < 1.29 is 9.53 Å². The van der Waals surface area contributed by atoms with E-state index in [1.165, 1.54) is 0 Å². The molecule has 5 nitrogen and oxygen atoms in total. The molecular formula is C22H27N3O2S2. The van der Waals surface area contributed by atoms with Gasteiger partial charge in [-0.1, -0.05) is 47.0 Å². The maximum absolute atomic E-state index is 13.5. The molecule has 4 rings (SSSR count). The van der Waals surface area contributed by atoms with Crippen LogP contribution < -0.4 is 9.64 Å². The van der Waals surface area contributed by atoms with Gasteiger partial charge in [0.1, 0.15) is 9.23 Å². The molecule has 1 aromatic carbocycles. The summed E-state index contributed by atoms with van der Waals surface area (Å²) in [5.41, 5.74) is 1.01. The van der Waals surface area contributed by atoms with Crippen molar-refractivity contribution >= 4 is 43.5 Å². The van der Waals surface area contributed by atoms with E-state index in [2.05, 4.69) is 42.7 Å². The number of carbonyl (C=O) groups excluding carboxylic acids is 1. The number of rotatable bonds is 5. The molecule has 0 aromatic heterocycles. The van der Waals surface area contributed by atoms with E-state index < -0.39 is 10.5 Å². The van der Waals surface area contributed by atoms with Gasteiger partial charge in [-0.3, -0.25) is 14.6 Å². The summed E-state index contributed by atoms with van der Waals surface area (Å²) in [6, 6.07) is 7.94. The number of hydrogen-bond donors (Lipinski definition) is 0. The van der Waals surface area contributed by atoms with Crippen molar-refractivity contribution in [3.63, 3.8) is 0 Å². The lowest BCUT2D eigenvalue weighted by atomic mass is 10.3. The Labute approximate surface area is 180 Å². The largest absolute Gasteiger partial charge is 0.437 e. The van der Waals surface area contributed by atoms with Crippen LogP contribution in [0.2, 0.25) is 0 Å². The Morgan fingerprint density at radius 1 is 1.14 bits per heavy atom. The number of benzene rings is 1. The smallest absolute Gasteiger partial charge is 0.271 e. The van der Waals surface area contributed by atoms with Gasteiger partial charge < -0.3 is 9.64 Å². The zero-order valence-electron chi connectivity index (χ0n) is 17.2. The SMILES string of the molecule is CCN1C(=C2C(=O)N(CCCN3CC=CC3)C(=S)S2=C(C)C)Oc2ccccc21. The molecule has 3 heterocycles. The highest BCUT2D eigenvalue weighted by Gasteiger charge is 2.42. The summed E-state index contributed by atoms with van der Waals surface area (Å²) in [5, 5.41) is 0. The molecule has 0 bridgehead atoms. The van der Waals surface area contributed by atoms with Gasteiger partial charge in [0.15, 0.2) is 5.75 Å². The van der Waals surface area contributed by atoms with Gasteiger partial charge in [-0.2, -0.15) is 0 Å². The Morgan fingerprint density at radius 3 is 2.55 bits per heavy atom. The van der Waals surface area contributed by atoms with Crippen molar-refractivity contribution in [3.05, 3.63) is 47.2 Å². The topological polar surface area (TPSA) is 36.0 Å². The first-order valence-corrected chi connectivity index (χ1v) is 11.7. The predicted octanol–water partition coefficient (Wildman–Crippen LogP) is 3.94. The molecule has 1 saturated heterocycles. The monoisotopic (exact) mass is 429 g/mol. The minimum Gasteiger partial charge on any atom is -0.437 e. The van der Waals surface area contributed by atoms with E-state index in [9.17, 15) is 4.79 Å². The van der Waals surface area contributed by atoms with Crippen molar-refractivity contribution in [2.24, 2.45) is 0 Å². The molecule has 1 unspecified atom stereocenters. The molecule has 1 fully saturated rings.